The van der Waals surface area contributed by atoms with E-state index >= 15 is 0 Å². The molecule has 0 aliphatic carbocycles. The van der Waals surface area contributed by atoms with Crippen molar-refractivity contribution in [3.63, 3.8) is 0 Å². The average molecular weight is 396 g/mol. The Hall–Kier alpha value is -2.81. The first-order valence-electron chi connectivity index (χ1n) is 9.12. The van der Waals surface area contributed by atoms with Gasteiger partial charge in [-0.15, -0.1) is 11.8 Å². The van der Waals surface area contributed by atoms with Crippen LogP contribution in [0.1, 0.15) is 29.1 Å². The molecule has 1 aliphatic heterocycles. The molecule has 0 aromatic carbocycles. The standard InChI is InChI=1S/C19H20N6O2S/c1-28-18-14(5-2-6-22-18)19(26)25-9-3-4-13(12-25)10-16-23-17(24-27-16)15-11-20-7-8-21-15/h2,5-8,11,13H,3-4,9-10,12H2,1H3/t13-/m0/s1. The fourth-order valence-electron chi connectivity index (χ4n) is 3.41. The van der Waals surface area contributed by atoms with E-state index in [2.05, 4.69) is 25.1 Å². The highest BCUT2D eigenvalue weighted by atomic mass is 32.2. The topological polar surface area (TPSA) is 97.9 Å². The number of piperidine rings is 1. The Kier molecular flexibility index (Phi) is 5.61. The zero-order valence-electron chi connectivity index (χ0n) is 15.5. The van der Waals surface area contributed by atoms with Gasteiger partial charge in [0.1, 0.15) is 10.7 Å². The number of aromatic nitrogens is 5. The minimum atomic E-state index is 0.0351. The van der Waals surface area contributed by atoms with Crippen molar-refractivity contribution in [2.75, 3.05) is 19.3 Å². The molecule has 1 saturated heterocycles. The Balaban J connectivity index is 1.43. The Labute approximate surface area is 166 Å². The van der Waals surface area contributed by atoms with E-state index in [1.54, 1.807) is 30.9 Å². The van der Waals surface area contributed by atoms with E-state index in [4.69, 9.17) is 4.52 Å². The lowest BCUT2D eigenvalue weighted by atomic mass is 9.94. The van der Waals surface area contributed by atoms with Gasteiger partial charge in [0.2, 0.25) is 11.7 Å². The van der Waals surface area contributed by atoms with Gasteiger partial charge in [-0.3, -0.25) is 9.78 Å². The summed E-state index contributed by atoms with van der Waals surface area (Å²) in [6.07, 6.45) is 11.1. The number of carbonyl (C=O) groups excluding carboxylic acids is 1. The van der Waals surface area contributed by atoms with E-state index in [1.165, 1.54) is 11.8 Å². The molecule has 0 N–H and O–H groups in total. The number of hydrogen-bond donors (Lipinski definition) is 0. The van der Waals surface area contributed by atoms with Gasteiger partial charge >= 0.3 is 0 Å². The van der Waals surface area contributed by atoms with Gasteiger partial charge < -0.3 is 9.42 Å². The van der Waals surface area contributed by atoms with Crippen LogP contribution in [0.15, 0.2) is 46.5 Å². The van der Waals surface area contributed by atoms with Crippen molar-refractivity contribution in [2.24, 2.45) is 5.92 Å². The molecule has 0 radical (unpaired) electrons. The molecule has 28 heavy (non-hydrogen) atoms. The predicted molar refractivity (Wildman–Crippen MR) is 104 cm³/mol. The van der Waals surface area contributed by atoms with Crippen LogP contribution in [0.3, 0.4) is 0 Å². The third kappa shape index (κ3) is 4.04. The predicted octanol–water partition coefficient (Wildman–Crippen LogP) is 2.74. The van der Waals surface area contributed by atoms with Crippen molar-refractivity contribution in [1.29, 1.82) is 0 Å². The number of nitrogens with zero attached hydrogens (tertiary/aromatic N) is 6. The summed E-state index contributed by atoms with van der Waals surface area (Å²) in [6, 6.07) is 3.65. The summed E-state index contributed by atoms with van der Waals surface area (Å²) in [6.45, 7) is 1.43. The molecule has 4 rings (SSSR count). The highest BCUT2D eigenvalue weighted by molar-refractivity contribution is 7.98. The lowest BCUT2D eigenvalue weighted by Gasteiger charge is -2.32. The SMILES string of the molecule is CSc1ncccc1C(=O)N1CCC[C@@H](Cc2nc(-c3cnccn3)no2)C1. The van der Waals surface area contributed by atoms with Gasteiger partial charge in [-0.1, -0.05) is 5.16 Å². The zero-order chi connectivity index (χ0) is 19.3. The molecule has 9 heteroatoms. The summed E-state index contributed by atoms with van der Waals surface area (Å²) in [5.41, 5.74) is 1.25. The molecular formula is C19H20N6O2S. The zero-order valence-corrected chi connectivity index (χ0v) is 16.3. The molecule has 0 spiro atoms. The van der Waals surface area contributed by atoms with Crippen LogP contribution in [0, 0.1) is 5.92 Å². The number of likely N-dealkylation sites (tertiary alicyclic amines) is 1. The van der Waals surface area contributed by atoms with Crippen LogP contribution in [0.2, 0.25) is 0 Å². The fourth-order valence-corrected chi connectivity index (χ4v) is 3.95. The Morgan fingerprint density at radius 1 is 1.32 bits per heavy atom. The molecule has 144 valence electrons. The van der Waals surface area contributed by atoms with Crippen molar-refractivity contribution in [3.05, 3.63) is 48.4 Å². The van der Waals surface area contributed by atoms with E-state index in [9.17, 15) is 4.79 Å². The molecule has 1 atom stereocenters. The van der Waals surface area contributed by atoms with Crippen LogP contribution in [-0.4, -0.2) is 55.2 Å². The fraction of sp³-hybridized carbons (Fsp3) is 0.368. The third-order valence-corrected chi connectivity index (χ3v) is 5.44. The Bertz CT molecular complexity index is 948. The third-order valence-electron chi connectivity index (χ3n) is 4.72. The summed E-state index contributed by atoms with van der Waals surface area (Å²) in [4.78, 5) is 31.8. The van der Waals surface area contributed by atoms with Crippen molar-refractivity contribution >= 4 is 17.7 Å². The largest absolute Gasteiger partial charge is 0.339 e. The van der Waals surface area contributed by atoms with Gasteiger partial charge in [-0.25, -0.2) is 9.97 Å². The summed E-state index contributed by atoms with van der Waals surface area (Å²) in [5.74, 6) is 1.31. The molecule has 3 aromatic rings. The molecule has 1 amide bonds. The number of hydrogen-bond acceptors (Lipinski definition) is 8. The molecule has 3 aromatic heterocycles. The maximum atomic E-state index is 13.0. The van der Waals surface area contributed by atoms with E-state index in [0.717, 1.165) is 24.4 Å². The molecule has 1 aliphatic rings. The van der Waals surface area contributed by atoms with Crippen LogP contribution in [0.4, 0.5) is 0 Å². The van der Waals surface area contributed by atoms with Crippen LogP contribution < -0.4 is 0 Å². The summed E-state index contributed by atoms with van der Waals surface area (Å²) in [7, 11) is 0. The maximum Gasteiger partial charge on any atom is 0.256 e. The lowest BCUT2D eigenvalue weighted by molar-refractivity contribution is 0.0664. The van der Waals surface area contributed by atoms with Gasteiger partial charge in [0.05, 0.1) is 11.8 Å². The van der Waals surface area contributed by atoms with Crippen molar-refractivity contribution in [1.82, 2.24) is 30.0 Å². The number of thioether (sulfide) groups is 1. The van der Waals surface area contributed by atoms with Gasteiger partial charge in [0, 0.05) is 38.1 Å². The molecule has 0 bridgehead atoms. The van der Waals surface area contributed by atoms with Crippen LogP contribution in [0.5, 0.6) is 0 Å². The number of pyridine rings is 1. The number of carbonyl (C=O) groups is 1. The van der Waals surface area contributed by atoms with Gasteiger partial charge in [-0.05, 0) is 37.1 Å². The molecular weight excluding hydrogens is 376 g/mol. The van der Waals surface area contributed by atoms with Gasteiger partial charge in [0.15, 0.2) is 0 Å². The first-order valence-corrected chi connectivity index (χ1v) is 10.3. The summed E-state index contributed by atoms with van der Waals surface area (Å²) < 4.78 is 5.39. The van der Waals surface area contributed by atoms with Crippen molar-refractivity contribution in [2.45, 2.75) is 24.3 Å². The molecule has 1 fully saturated rings. The summed E-state index contributed by atoms with van der Waals surface area (Å²) >= 11 is 1.49. The maximum absolute atomic E-state index is 13.0. The Morgan fingerprint density at radius 2 is 2.25 bits per heavy atom. The lowest BCUT2D eigenvalue weighted by Crippen LogP contribution is -2.40. The second-order valence-corrected chi connectivity index (χ2v) is 7.42. The second kappa shape index (κ2) is 8.47. The highest BCUT2D eigenvalue weighted by Crippen LogP contribution is 2.25. The first kappa shape index (κ1) is 18.5. The van der Waals surface area contributed by atoms with E-state index in [0.29, 0.717) is 35.9 Å². The minimum Gasteiger partial charge on any atom is -0.339 e. The number of rotatable bonds is 5. The minimum absolute atomic E-state index is 0.0351. The molecule has 4 heterocycles. The average Bonchev–Trinajstić information content (AvgIpc) is 3.22. The van der Waals surface area contributed by atoms with Crippen LogP contribution in [0.25, 0.3) is 11.5 Å². The van der Waals surface area contributed by atoms with Crippen LogP contribution in [-0.2, 0) is 6.42 Å². The summed E-state index contributed by atoms with van der Waals surface area (Å²) in [5, 5.41) is 4.76. The van der Waals surface area contributed by atoms with E-state index in [1.807, 2.05) is 17.2 Å². The van der Waals surface area contributed by atoms with Crippen LogP contribution >= 0.6 is 11.8 Å². The monoisotopic (exact) mass is 396 g/mol. The second-order valence-electron chi connectivity index (χ2n) is 6.63. The normalized spacial score (nSPS) is 16.9. The highest BCUT2D eigenvalue weighted by Gasteiger charge is 2.27. The quantitative estimate of drug-likeness (QED) is 0.607. The van der Waals surface area contributed by atoms with Gasteiger partial charge in [-0.2, -0.15) is 4.98 Å². The Morgan fingerprint density at radius 3 is 3.07 bits per heavy atom. The van der Waals surface area contributed by atoms with E-state index < -0.39 is 0 Å². The van der Waals surface area contributed by atoms with Crippen molar-refractivity contribution in [3.8, 4) is 11.5 Å². The molecule has 8 nitrogen and oxygen atoms in total. The first-order chi connectivity index (χ1) is 13.7. The smallest absolute Gasteiger partial charge is 0.256 e. The van der Waals surface area contributed by atoms with Gasteiger partial charge in [0.25, 0.3) is 5.91 Å². The molecule has 0 unspecified atom stereocenters. The van der Waals surface area contributed by atoms with Crippen molar-refractivity contribution < 1.29 is 9.32 Å². The molecule has 0 saturated carbocycles. The number of amides is 1. The van der Waals surface area contributed by atoms with E-state index in [-0.39, 0.29) is 11.8 Å².